The van der Waals surface area contributed by atoms with Crippen LogP contribution in [0.5, 0.6) is 11.8 Å². The minimum atomic E-state index is -3.56. The summed E-state index contributed by atoms with van der Waals surface area (Å²) in [5.41, 5.74) is 4.47. The summed E-state index contributed by atoms with van der Waals surface area (Å²) in [7, 11) is -2.01. The monoisotopic (exact) mass is 468 g/mol. The molecule has 2 aliphatic rings. The van der Waals surface area contributed by atoms with Gasteiger partial charge in [0.1, 0.15) is 11.0 Å². The maximum absolute atomic E-state index is 13.2. The van der Waals surface area contributed by atoms with Crippen molar-refractivity contribution in [3.63, 3.8) is 0 Å². The zero-order chi connectivity index (χ0) is 23.2. The first-order valence-electron chi connectivity index (χ1n) is 10.6. The summed E-state index contributed by atoms with van der Waals surface area (Å²) in [5, 5.41) is 13.0. The van der Waals surface area contributed by atoms with Crippen LogP contribution in [0.1, 0.15) is 24.5 Å². The van der Waals surface area contributed by atoms with Gasteiger partial charge in [0.25, 0.3) is 0 Å². The van der Waals surface area contributed by atoms with Gasteiger partial charge in [0.05, 0.1) is 25.5 Å². The lowest BCUT2D eigenvalue weighted by atomic mass is 9.98. The predicted octanol–water partition coefficient (Wildman–Crippen LogP) is 3.16. The summed E-state index contributed by atoms with van der Waals surface area (Å²) < 4.78 is 29.5. The molecule has 5 rings (SSSR count). The highest BCUT2D eigenvalue weighted by atomic mass is 32.2. The third kappa shape index (κ3) is 3.93. The summed E-state index contributed by atoms with van der Waals surface area (Å²) in [6, 6.07) is 6.86. The van der Waals surface area contributed by atoms with Gasteiger partial charge >= 0.3 is 6.03 Å². The number of fused-ring (bicyclic) bond motifs is 2. The second-order valence-electron chi connectivity index (χ2n) is 8.08. The van der Waals surface area contributed by atoms with Crippen LogP contribution in [0.2, 0.25) is 0 Å². The van der Waals surface area contributed by atoms with E-state index in [0.29, 0.717) is 18.1 Å². The zero-order valence-corrected chi connectivity index (χ0v) is 19.1. The molecule has 1 aromatic carbocycles. The molecule has 3 heterocycles. The Morgan fingerprint density at radius 1 is 1.36 bits per heavy atom. The fourth-order valence-corrected chi connectivity index (χ4v) is 5.31. The van der Waals surface area contributed by atoms with Gasteiger partial charge in [-0.2, -0.15) is 5.10 Å². The standard InChI is InChI=1S/C22H24N6O4S/c1-13-12-28-21(32-13)18(11-25-28)33(23,30)27-22(29)26-20-16-5-3-4-14(16)6-7-17(20)15-8-9-24-19(10-15)31-2/h6-11,13H,3-5,12H2,1-2H3,(H3,23,26,27,29,30)/t13-,33?/m0/s1. The Kier molecular flexibility index (Phi) is 5.29. The quantitative estimate of drug-likeness (QED) is 0.604. The van der Waals surface area contributed by atoms with Crippen molar-refractivity contribution in [3.8, 4) is 22.9 Å². The van der Waals surface area contributed by atoms with Gasteiger partial charge in [-0.3, -0.25) is 0 Å². The van der Waals surface area contributed by atoms with Crippen molar-refractivity contribution in [3.05, 3.63) is 47.8 Å². The molecule has 2 atom stereocenters. The van der Waals surface area contributed by atoms with Crippen LogP contribution < -0.4 is 19.9 Å². The number of aromatic nitrogens is 3. The second-order valence-corrected chi connectivity index (χ2v) is 9.84. The molecular formula is C22H24N6O4S. The van der Waals surface area contributed by atoms with Crippen molar-refractivity contribution in [1.29, 1.82) is 0 Å². The number of hydrogen-bond donors (Lipinski definition) is 2. The van der Waals surface area contributed by atoms with E-state index in [2.05, 4.69) is 25.8 Å². The lowest BCUT2D eigenvalue weighted by Crippen LogP contribution is -2.19. The molecule has 172 valence electrons. The number of amides is 2. The Balaban J connectivity index is 1.52. The van der Waals surface area contributed by atoms with Gasteiger partial charge in [0.15, 0.2) is 9.92 Å². The molecule has 3 aromatic rings. The number of benzene rings is 1. The van der Waals surface area contributed by atoms with Crippen LogP contribution in [-0.2, 0) is 29.3 Å². The molecule has 2 aromatic heterocycles. The summed E-state index contributed by atoms with van der Waals surface area (Å²) in [6.07, 6.45) is 5.61. The first-order valence-corrected chi connectivity index (χ1v) is 12.2. The third-order valence-corrected chi connectivity index (χ3v) is 7.15. The van der Waals surface area contributed by atoms with E-state index in [1.54, 1.807) is 24.1 Å². The third-order valence-electron chi connectivity index (χ3n) is 5.81. The highest BCUT2D eigenvalue weighted by Crippen LogP contribution is 2.38. The van der Waals surface area contributed by atoms with Gasteiger partial charge in [-0.05, 0) is 48.9 Å². The predicted molar refractivity (Wildman–Crippen MR) is 123 cm³/mol. The van der Waals surface area contributed by atoms with E-state index in [0.717, 1.165) is 36.0 Å². The van der Waals surface area contributed by atoms with Crippen molar-refractivity contribution in [2.45, 2.75) is 43.7 Å². The number of hydrogen-bond acceptors (Lipinski definition) is 6. The number of carbonyl (C=O) groups excluding carboxylic acids is 1. The van der Waals surface area contributed by atoms with E-state index in [-0.39, 0.29) is 16.9 Å². The van der Waals surface area contributed by atoms with Crippen LogP contribution in [0, 0.1) is 0 Å². The van der Waals surface area contributed by atoms with E-state index in [4.69, 9.17) is 14.6 Å². The average molecular weight is 469 g/mol. The van der Waals surface area contributed by atoms with Gasteiger partial charge in [0.2, 0.25) is 11.8 Å². The molecule has 11 heteroatoms. The maximum atomic E-state index is 13.2. The van der Waals surface area contributed by atoms with Crippen molar-refractivity contribution in [2.24, 2.45) is 9.50 Å². The number of urea groups is 1. The Morgan fingerprint density at radius 3 is 3.03 bits per heavy atom. The van der Waals surface area contributed by atoms with Crippen LogP contribution >= 0.6 is 0 Å². The maximum Gasteiger partial charge on any atom is 0.354 e. The normalized spacial score (nSPS) is 18.1. The van der Waals surface area contributed by atoms with Gasteiger partial charge in [-0.15, -0.1) is 4.36 Å². The molecule has 0 saturated heterocycles. The first kappa shape index (κ1) is 21.4. The van der Waals surface area contributed by atoms with Crippen LogP contribution in [-0.4, -0.2) is 38.2 Å². The number of nitrogens with one attached hydrogen (secondary N) is 1. The molecule has 1 aliphatic carbocycles. The molecular weight excluding hydrogens is 444 g/mol. The largest absolute Gasteiger partial charge is 0.481 e. The molecule has 1 aliphatic heterocycles. The van der Waals surface area contributed by atoms with Crippen molar-refractivity contribution in [2.75, 3.05) is 12.4 Å². The summed E-state index contributed by atoms with van der Waals surface area (Å²) in [4.78, 5) is 17.2. The topological polar surface area (TPSA) is 134 Å². The van der Waals surface area contributed by atoms with Gasteiger partial charge in [0, 0.05) is 17.8 Å². The number of rotatable bonds is 4. The molecule has 33 heavy (non-hydrogen) atoms. The minimum Gasteiger partial charge on any atom is -0.481 e. The Bertz CT molecular complexity index is 1380. The number of aryl methyl sites for hydroxylation is 1. The lowest BCUT2D eigenvalue weighted by Gasteiger charge is -2.16. The second kappa shape index (κ2) is 8.16. The molecule has 0 saturated carbocycles. The van der Waals surface area contributed by atoms with Gasteiger partial charge in [-0.1, -0.05) is 12.1 Å². The molecule has 0 fully saturated rings. The number of ether oxygens (including phenoxy) is 2. The lowest BCUT2D eigenvalue weighted by molar-refractivity contribution is 0.248. The fraction of sp³-hybridized carbons (Fsp3) is 0.318. The summed E-state index contributed by atoms with van der Waals surface area (Å²) in [5.74, 6) is 0.751. The SMILES string of the molecule is COc1cc(-c2ccc3c(c2NC(=O)N=S(N)(=O)c2cnn4c2O[C@@H](C)C4)CCC3)ccn1. The average Bonchev–Trinajstić information content (AvgIpc) is 3.49. The van der Waals surface area contributed by atoms with Crippen LogP contribution in [0.15, 0.2) is 45.9 Å². The molecule has 3 N–H and O–H groups in total. The molecule has 0 bridgehead atoms. The molecule has 0 spiro atoms. The van der Waals surface area contributed by atoms with Crippen LogP contribution in [0.4, 0.5) is 10.5 Å². The summed E-state index contributed by atoms with van der Waals surface area (Å²) in [6.45, 7) is 2.39. The van der Waals surface area contributed by atoms with E-state index in [9.17, 15) is 9.00 Å². The van der Waals surface area contributed by atoms with Crippen molar-refractivity contribution >= 4 is 21.6 Å². The molecule has 0 radical (unpaired) electrons. The van der Waals surface area contributed by atoms with Crippen molar-refractivity contribution in [1.82, 2.24) is 14.8 Å². The fourth-order valence-electron chi connectivity index (χ4n) is 4.32. The smallest absolute Gasteiger partial charge is 0.354 e. The van der Waals surface area contributed by atoms with Gasteiger partial charge in [-0.25, -0.2) is 23.8 Å². The number of carbonyl (C=O) groups is 1. The Hall–Kier alpha value is -3.44. The minimum absolute atomic E-state index is 0.111. The highest BCUT2D eigenvalue weighted by Gasteiger charge is 2.29. The van der Waals surface area contributed by atoms with E-state index in [1.807, 2.05) is 19.1 Å². The van der Waals surface area contributed by atoms with Crippen molar-refractivity contribution < 1.29 is 18.5 Å². The number of methoxy groups -OCH3 is 1. The van der Waals surface area contributed by atoms with E-state index >= 15 is 0 Å². The van der Waals surface area contributed by atoms with Gasteiger partial charge < -0.3 is 14.8 Å². The highest BCUT2D eigenvalue weighted by molar-refractivity contribution is 7.91. The molecule has 10 nitrogen and oxygen atoms in total. The molecule has 1 unspecified atom stereocenters. The summed E-state index contributed by atoms with van der Waals surface area (Å²) >= 11 is 0. The van der Waals surface area contributed by atoms with E-state index < -0.39 is 15.9 Å². The van der Waals surface area contributed by atoms with Crippen LogP contribution in [0.3, 0.4) is 0 Å². The Morgan fingerprint density at radius 2 is 2.21 bits per heavy atom. The van der Waals surface area contributed by atoms with E-state index in [1.165, 1.54) is 11.8 Å². The molecule has 2 amide bonds. The number of anilines is 1. The van der Waals surface area contributed by atoms with Crippen LogP contribution in [0.25, 0.3) is 11.1 Å². The zero-order valence-electron chi connectivity index (χ0n) is 18.3. The number of pyridine rings is 1. The number of nitrogens with two attached hydrogens (primary N) is 1. The number of nitrogens with zero attached hydrogens (tertiary/aromatic N) is 4. The first-order chi connectivity index (χ1) is 15.9. The Labute approximate surface area is 191 Å².